The Morgan fingerprint density at radius 3 is 3.28 bits per heavy atom. The van der Waals surface area contributed by atoms with Crippen LogP contribution in [0.4, 0.5) is 0 Å². The van der Waals surface area contributed by atoms with E-state index in [2.05, 4.69) is 34.4 Å². The summed E-state index contributed by atoms with van der Waals surface area (Å²) in [6, 6.07) is 0.502. The zero-order chi connectivity index (χ0) is 12.8. The minimum absolute atomic E-state index is 0.502. The molecule has 1 aromatic rings. The quantitative estimate of drug-likeness (QED) is 0.800. The van der Waals surface area contributed by atoms with Gasteiger partial charge >= 0.3 is 0 Å². The molecule has 1 atom stereocenters. The molecular formula is C13H23N3OS. The molecule has 0 bridgehead atoms. The van der Waals surface area contributed by atoms with Crippen LogP contribution < -0.4 is 5.32 Å². The van der Waals surface area contributed by atoms with Crippen molar-refractivity contribution in [1.29, 1.82) is 0 Å². The Hall–Kier alpha value is -0.490. The van der Waals surface area contributed by atoms with Crippen LogP contribution in [0.15, 0.2) is 5.38 Å². The van der Waals surface area contributed by atoms with Crippen LogP contribution in [0.3, 0.4) is 0 Å². The molecule has 5 heteroatoms. The van der Waals surface area contributed by atoms with E-state index in [1.165, 1.54) is 17.1 Å². The Kier molecular flexibility index (Phi) is 5.56. The number of rotatable bonds is 6. The number of aromatic nitrogens is 1. The van der Waals surface area contributed by atoms with Gasteiger partial charge < -0.3 is 10.1 Å². The lowest BCUT2D eigenvalue weighted by molar-refractivity contribution is -0.00484. The lowest BCUT2D eigenvalue weighted by Gasteiger charge is -2.32. The molecule has 18 heavy (non-hydrogen) atoms. The average Bonchev–Trinajstić information content (AvgIpc) is 2.80. The topological polar surface area (TPSA) is 37.4 Å². The minimum atomic E-state index is 0.502. The van der Waals surface area contributed by atoms with E-state index in [1.54, 1.807) is 11.3 Å². The standard InChI is InChI=1S/C13H23N3OS/c1-3-4-14-7-13-15-12(10-18-13)8-16-5-6-17-9-11(16)2/h10-11,14H,3-9H2,1-2H3. The molecule has 1 unspecified atom stereocenters. The van der Waals surface area contributed by atoms with E-state index in [-0.39, 0.29) is 0 Å². The molecule has 0 saturated carbocycles. The average molecular weight is 269 g/mol. The van der Waals surface area contributed by atoms with Crippen molar-refractivity contribution >= 4 is 11.3 Å². The Bertz CT molecular complexity index is 356. The third-order valence-electron chi connectivity index (χ3n) is 3.17. The van der Waals surface area contributed by atoms with Crippen molar-refractivity contribution < 1.29 is 4.74 Å². The monoisotopic (exact) mass is 269 g/mol. The normalized spacial score (nSPS) is 21.3. The van der Waals surface area contributed by atoms with E-state index >= 15 is 0 Å². The Balaban J connectivity index is 1.82. The second kappa shape index (κ2) is 7.19. The molecule has 1 aliphatic rings. The van der Waals surface area contributed by atoms with Crippen LogP contribution in [0.5, 0.6) is 0 Å². The molecule has 1 saturated heterocycles. The third-order valence-corrected chi connectivity index (χ3v) is 4.07. The summed E-state index contributed by atoms with van der Waals surface area (Å²) in [6.45, 7) is 10.0. The van der Waals surface area contributed by atoms with E-state index in [0.29, 0.717) is 6.04 Å². The molecule has 1 N–H and O–H groups in total. The van der Waals surface area contributed by atoms with Gasteiger partial charge in [0.25, 0.3) is 0 Å². The lowest BCUT2D eigenvalue weighted by Crippen LogP contribution is -2.42. The fourth-order valence-corrected chi connectivity index (χ4v) is 2.83. The first-order chi connectivity index (χ1) is 8.79. The van der Waals surface area contributed by atoms with E-state index in [4.69, 9.17) is 4.74 Å². The van der Waals surface area contributed by atoms with Gasteiger partial charge in [-0.25, -0.2) is 4.98 Å². The largest absolute Gasteiger partial charge is 0.379 e. The van der Waals surface area contributed by atoms with E-state index in [0.717, 1.165) is 39.4 Å². The van der Waals surface area contributed by atoms with Gasteiger partial charge in [-0.2, -0.15) is 0 Å². The van der Waals surface area contributed by atoms with Crippen molar-refractivity contribution in [1.82, 2.24) is 15.2 Å². The minimum Gasteiger partial charge on any atom is -0.379 e. The summed E-state index contributed by atoms with van der Waals surface area (Å²) in [6.07, 6.45) is 1.17. The van der Waals surface area contributed by atoms with Gasteiger partial charge in [0.1, 0.15) is 5.01 Å². The van der Waals surface area contributed by atoms with Gasteiger partial charge in [0.15, 0.2) is 0 Å². The molecule has 0 spiro atoms. The lowest BCUT2D eigenvalue weighted by atomic mass is 10.2. The summed E-state index contributed by atoms with van der Waals surface area (Å²) in [5.74, 6) is 0. The smallest absolute Gasteiger partial charge is 0.107 e. The van der Waals surface area contributed by atoms with Crippen molar-refractivity contribution in [2.24, 2.45) is 0 Å². The van der Waals surface area contributed by atoms with Gasteiger partial charge in [0.2, 0.25) is 0 Å². The van der Waals surface area contributed by atoms with Gasteiger partial charge in [-0.05, 0) is 19.9 Å². The molecule has 1 fully saturated rings. The predicted molar refractivity (Wildman–Crippen MR) is 74.8 cm³/mol. The maximum Gasteiger partial charge on any atom is 0.107 e. The van der Waals surface area contributed by atoms with Crippen LogP contribution in [0.25, 0.3) is 0 Å². The number of nitrogens with zero attached hydrogens (tertiary/aromatic N) is 2. The highest BCUT2D eigenvalue weighted by Crippen LogP contribution is 2.15. The predicted octanol–water partition coefficient (Wildman–Crippen LogP) is 1.86. The summed E-state index contributed by atoms with van der Waals surface area (Å²) >= 11 is 1.76. The molecular weight excluding hydrogens is 246 g/mol. The highest BCUT2D eigenvalue weighted by molar-refractivity contribution is 7.09. The number of hydrogen-bond donors (Lipinski definition) is 1. The Morgan fingerprint density at radius 2 is 2.50 bits per heavy atom. The highest BCUT2D eigenvalue weighted by atomic mass is 32.1. The van der Waals surface area contributed by atoms with Crippen LogP contribution in [-0.4, -0.2) is 42.2 Å². The Morgan fingerprint density at radius 1 is 1.61 bits per heavy atom. The molecule has 4 nitrogen and oxygen atoms in total. The van der Waals surface area contributed by atoms with Crippen LogP contribution in [0.1, 0.15) is 31.0 Å². The molecule has 1 aliphatic heterocycles. The maximum absolute atomic E-state index is 5.45. The number of nitrogens with one attached hydrogen (secondary N) is 1. The maximum atomic E-state index is 5.45. The second-order valence-corrected chi connectivity index (χ2v) is 5.75. The van der Waals surface area contributed by atoms with E-state index in [1.807, 2.05) is 0 Å². The first kappa shape index (κ1) is 13.9. The summed E-state index contributed by atoms with van der Waals surface area (Å²) in [4.78, 5) is 7.13. The van der Waals surface area contributed by atoms with Gasteiger partial charge in [-0.1, -0.05) is 6.92 Å². The summed E-state index contributed by atoms with van der Waals surface area (Å²) < 4.78 is 5.45. The summed E-state index contributed by atoms with van der Waals surface area (Å²) in [5, 5.41) is 6.77. The van der Waals surface area contributed by atoms with Gasteiger partial charge in [-0.3, -0.25) is 4.90 Å². The van der Waals surface area contributed by atoms with Gasteiger partial charge in [-0.15, -0.1) is 11.3 Å². The Labute approximate surface area is 113 Å². The zero-order valence-electron chi connectivity index (χ0n) is 11.3. The fourth-order valence-electron chi connectivity index (χ4n) is 2.08. The van der Waals surface area contributed by atoms with E-state index in [9.17, 15) is 0 Å². The van der Waals surface area contributed by atoms with Crippen LogP contribution in [-0.2, 0) is 17.8 Å². The first-order valence-corrected chi connectivity index (χ1v) is 7.63. The van der Waals surface area contributed by atoms with Crippen LogP contribution >= 0.6 is 11.3 Å². The molecule has 0 amide bonds. The summed E-state index contributed by atoms with van der Waals surface area (Å²) in [7, 11) is 0. The fraction of sp³-hybridized carbons (Fsp3) is 0.769. The van der Waals surface area contributed by atoms with Crippen molar-refractivity contribution in [3.05, 3.63) is 16.1 Å². The number of morpholine rings is 1. The van der Waals surface area contributed by atoms with Crippen molar-refractivity contribution in [2.75, 3.05) is 26.3 Å². The van der Waals surface area contributed by atoms with Crippen molar-refractivity contribution in [3.63, 3.8) is 0 Å². The van der Waals surface area contributed by atoms with Crippen LogP contribution in [0, 0.1) is 0 Å². The van der Waals surface area contributed by atoms with Crippen molar-refractivity contribution in [2.45, 2.75) is 39.4 Å². The SMILES string of the molecule is CCCNCc1nc(CN2CCOCC2C)cs1. The number of hydrogen-bond acceptors (Lipinski definition) is 5. The zero-order valence-corrected chi connectivity index (χ0v) is 12.1. The van der Waals surface area contributed by atoms with Gasteiger partial charge in [0.05, 0.1) is 18.9 Å². The highest BCUT2D eigenvalue weighted by Gasteiger charge is 2.19. The molecule has 0 aliphatic carbocycles. The van der Waals surface area contributed by atoms with Crippen LogP contribution in [0.2, 0.25) is 0 Å². The first-order valence-electron chi connectivity index (χ1n) is 6.75. The number of ether oxygens (including phenoxy) is 1. The molecule has 2 rings (SSSR count). The van der Waals surface area contributed by atoms with Gasteiger partial charge in [0, 0.05) is 31.1 Å². The molecule has 102 valence electrons. The summed E-state index contributed by atoms with van der Waals surface area (Å²) in [5.41, 5.74) is 1.20. The molecule has 1 aromatic heterocycles. The molecule has 0 aromatic carbocycles. The molecule has 0 radical (unpaired) electrons. The number of thiazole rings is 1. The second-order valence-electron chi connectivity index (χ2n) is 4.80. The van der Waals surface area contributed by atoms with E-state index < -0.39 is 0 Å². The molecule has 2 heterocycles. The van der Waals surface area contributed by atoms with Crippen molar-refractivity contribution in [3.8, 4) is 0 Å². The third kappa shape index (κ3) is 4.02.